The molecule has 0 unspecified atom stereocenters. The van der Waals surface area contributed by atoms with Gasteiger partial charge < -0.3 is 20.7 Å². The van der Waals surface area contributed by atoms with Crippen molar-refractivity contribution < 1.29 is 14.3 Å². The molecule has 0 saturated carbocycles. The average Bonchev–Trinajstić information content (AvgIpc) is 2.61. The summed E-state index contributed by atoms with van der Waals surface area (Å²) in [7, 11) is 1.61. The van der Waals surface area contributed by atoms with Crippen molar-refractivity contribution in [3.05, 3.63) is 35.4 Å². The van der Waals surface area contributed by atoms with E-state index >= 15 is 0 Å². The van der Waals surface area contributed by atoms with E-state index in [1.165, 1.54) is 13.0 Å². The molecule has 0 atom stereocenters. The molecule has 0 bridgehead atoms. The maximum Gasteiger partial charge on any atom is 0.240 e. The Kier molecular flexibility index (Phi) is 8.78. The zero-order valence-electron chi connectivity index (χ0n) is 17.6. The standard InChI is InChI=1S/C21H31N3O3S/c1-7-16-11-17(27-6)8-9-18(16)19(10-14(2)25)24(15(3)28)12-20(26)23-13-21(4,5)22/h8-11H,7,12-13,22H2,1-6H3,(H,23,26)/b19-10-. The van der Waals surface area contributed by atoms with Gasteiger partial charge >= 0.3 is 0 Å². The van der Waals surface area contributed by atoms with Crippen LogP contribution in [0.15, 0.2) is 24.3 Å². The molecule has 7 heteroatoms. The monoisotopic (exact) mass is 405 g/mol. The molecule has 0 aliphatic carbocycles. The third-order valence-electron chi connectivity index (χ3n) is 4.02. The lowest BCUT2D eigenvalue weighted by molar-refractivity contribution is -0.121. The van der Waals surface area contributed by atoms with Gasteiger partial charge in [-0.15, -0.1) is 0 Å². The quantitative estimate of drug-likeness (QED) is 0.485. The number of nitrogens with zero attached hydrogens (tertiary/aromatic N) is 1. The second kappa shape index (κ2) is 10.3. The van der Waals surface area contributed by atoms with Gasteiger partial charge in [-0.3, -0.25) is 9.59 Å². The molecule has 1 amide bonds. The van der Waals surface area contributed by atoms with Crippen LogP contribution in [-0.4, -0.2) is 47.3 Å². The number of thiocarbonyl (C=S) groups is 1. The molecule has 154 valence electrons. The Bertz CT molecular complexity index is 767. The van der Waals surface area contributed by atoms with Crippen LogP contribution in [-0.2, 0) is 16.0 Å². The summed E-state index contributed by atoms with van der Waals surface area (Å²) in [5, 5.41) is 2.82. The fourth-order valence-electron chi connectivity index (χ4n) is 2.63. The number of nitrogens with two attached hydrogens (primary N) is 1. The van der Waals surface area contributed by atoms with E-state index in [4.69, 9.17) is 22.7 Å². The Balaban J connectivity index is 3.31. The molecular weight excluding hydrogens is 374 g/mol. The molecule has 0 aromatic heterocycles. The summed E-state index contributed by atoms with van der Waals surface area (Å²) in [6.07, 6.45) is 2.25. The van der Waals surface area contributed by atoms with Gasteiger partial charge in [-0.1, -0.05) is 19.1 Å². The van der Waals surface area contributed by atoms with Crippen molar-refractivity contribution in [2.75, 3.05) is 20.2 Å². The first-order valence-corrected chi connectivity index (χ1v) is 9.62. The molecule has 0 saturated heterocycles. The van der Waals surface area contributed by atoms with Crippen LogP contribution < -0.4 is 15.8 Å². The fraction of sp³-hybridized carbons (Fsp3) is 0.476. The summed E-state index contributed by atoms with van der Waals surface area (Å²) in [4.78, 5) is 26.6. The molecule has 1 aromatic carbocycles. The highest BCUT2D eigenvalue weighted by molar-refractivity contribution is 7.80. The van der Waals surface area contributed by atoms with Crippen molar-refractivity contribution in [2.24, 2.45) is 5.73 Å². The molecule has 0 aliphatic heterocycles. The van der Waals surface area contributed by atoms with Gasteiger partial charge in [0, 0.05) is 23.7 Å². The number of ether oxygens (including phenoxy) is 1. The number of aryl methyl sites for hydroxylation is 1. The molecule has 1 rings (SSSR count). The third kappa shape index (κ3) is 7.40. The van der Waals surface area contributed by atoms with Crippen molar-refractivity contribution >= 4 is 34.6 Å². The second-order valence-electron chi connectivity index (χ2n) is 7.39. The third-order valence-corrected chi connectivity index (χ3v) is 4.24. The molecule has 0 radical (unpaired) electrons. The first-order valence-electron chi connectivity index (χ1n) is 9.21. The normalized spacial score (nSPS) is 11.8. The Morgan fingerprint density at radius 1 is 1.32 bits per heavy atom. The lowest BCUT2D eigenvalue weighted by atomic mass is 10.00. The highest BCUT2D eigenvalue weighted by atomic mass is 32.1. The van der Waals surface area contributed by atoms with E-state index in [0.717, 1.165) is 23.3 Å². The van der Waals surface area contributed by atoms with E-state index in [1.54, 1.807) is 18.9 Å². The number of carbonyl (C=O) groups is 2. The maximum atomic E-state index is 12.5. The predicted octanol–water partition coefficient (Wildman–Crippen LogP) is 2.69. The largest absolute Gasteiger partial charge is 0.497 e. The summed E-state index contributed by atoms with van der Waals surface area (Å²) < 4.78 is 5.31. The molecule has 0 heterocycles. The van der Waals surface area contributed by atoms with Crippen molar-refractivity contribution in [1.29, 1.82) is 0 Å². The van der Waals surface area contributed by atoms with Gasteiger partial charge in [0.2, 0.25) is 5.91 Å². The van der Waals surface area contributed by atoms with Crippen LogP contribution in [0.25, 0.3) is 5.70 Å². The second-order valence-corrected chi connectivity index (χ2v) is 7.98. The summed E-state index contributed by atoms with van der Waals surface area (Å²) in [5.41, 5.74) is 7.85. The lowest BCUT2D eigenvalue weighted by Gasteiger charge is -2.28. The highest BCUT2D eigenvalue weighted by Gasteiger charge is 2.21. The number of nitrogens with one attached hydrogen (secondary N) is 1. The Labute approximate surface area is 173 Å². The van der Waals surface area contributed by atoms with Crippen LogP contribution in [0.5, 0.6) is 5.75 Å². The van der Waals surface area contributed by atoms with Crippen LogP contribution in [0, 0.1) is 0 Å². The smallest absolute Gasteiger partial charge is 0.240 e. The number of rotatable bonds is 9. The van der Waals surface area contributed by atoms with Gasteiger partial charge in [0.05, 0.1) is 17.8 Å². The minimum atomic E-state index is -0.517. The van der Waals surface area contributed by atoms with E-state index < -0.39 is 5.54 Å². The number of methoxy groups -OCH3 is 1. The number of amides is 1. The van der Waals surface area contributed by atoms with Gasteiger partial charge in [0.15, 0.2) is 5.78 Å². The first-order chi connectivity index (χ1) is 13.0. The van der Waals surface area contributed by atoms with E-state index in [0.29, 0.717) is 17.2 Å². The van der Waals surface area contributed by atoms with E-state index in [2.05, 4.69) is 5.32 Å². The van der Waals surface area contributed by atoms with Crippen LogP contribution in [0.4, 0.5) is 0 Å². The summed E-state index contributed by atoms with van der Waals surface area (Å²) in [6, 6.07) is 5.65. The topological polar surface area (TPSA) is 84.7 Å². The lowest BCUT2D eigenvalue weighted by Crippen LogP contribution is -2.47. The summed E-state index contributed by atoms with van der Waals surface area (Å²) in [6.45, 7) is 9.24. The molecule has 0 aliphatic rings. The van der Waals surface area contributed by atoms with Crippen LogP contribution in [0.1, 0.15) is 45.7 Å². The fourth-order valence-corrected chi connectivity index (χ4v) is 2.79. The summed E-state index contributed by atoms with van der Waals surface area (Å²) >= 11 is 5.39. The number of benzene rings is 1. The molecule has 0 fully saturated rings. The van der Waals surface area contributed by atoms with Crippen molar-refractivity contribution in [3.63, 3.8) is 0 Å². The van der Waals surface area contributed by atoms with Gasteiger partial charge in [-0.2, -0.15) is 0 Å². The molecule has 6 nitrogen and oxygen atoms in total. The van der Waals surface area contributed by atoms with Crippen molar-refractivity contribution in [2.45, 2.75) is 46.6 Å². The van der Waals surface area contributed by atoms with E-state index in [1.807, 2.05) is 39.0 Å². The Morgan fingerprint density at radius 3 is 2.43 bits per heavy atom. The van der Waals surface area contributed by atoms with Crippen molar-refractivity contribution in [3.8, 4) is 5.75 Å². The minimum Gasteiger partial charge on any atom is -0.497 e. The van der Waals surface area contributed by atoms with Gasteiger partial charge in [-0.25, -0.2) is 0 Å². The molecule has 28 heavy (non-hydrogen) atoms. The molecule has 0 spiro atoms. The van der Waals surface area contributed by atoms with E-state index in [-0.39, 0.29) is 18.2 Å². The molecular formula is C21H31N3O3S. The van der Waals surface area contributed by atoms with E-state index in [9.17, 15) is 9.59 Å². The first kappa shape index (κ1) is 23.8. The Morgan fingerprint density at radius 2 is 1.96 bits per heavy atom. The number of allylic oxidation sites excluding steroid dienone is 1. The van der Waals surface area contributed by atoms with Gasteiger partial charge in [-0.05, 0) is 57.9 Å². The van der Waals surface area contributed by atoms with Gasteiger partial charge in [0.25, 0.3) is 0 Å². The highest BCUT2D eigenvalue weighted by Crippen LogP contribution is 2.27. The number of hydrogen-bond donors (Lipinski definition) is 2. The Hall–Kier alpha value is -2.25. The minimum absolute atomic E-state index is 0.000288. The molecule has 3 N–H and O–H groups in total. The zero-order chi connectivity index (χ0) is 21.5. The van der Waals surface area contributed by atoms with Crippen LogP contribution in [0.3, 0.4) is 0 Å². The van der Waals surface area contributed by atoms with Crippen LogP contribution in [0.2, 0.25) is 0 Å². The SMILES string of the molecule is CCc1cc(OC)ccc1/C(=C/C(C)=O)N(CC(=O)NCC(C)(C)N)C(C)=S. The van der Waals surface area contributed by atoms with Gasteiger partial charge in [0.1, 0.15) is 12.3 Å². The van der Waals surface area contributed by atoms with Crippen LogP contribution >= 0.6 is 12.2 Å². The van der Waals surface area contributed by atoms with Crippen molar-refractivity contribution in [1.82, 2.24) is 10.2 Å². The predicted molar refractivity (Wildman–Crippen MR) is 117 cm³/mol. The average molecular weight is 406 g/mol. The summed E-state index contributed by atoms with van der Waals surface area (Å²) in [5.74, 6) is 0.387. The number of hydrogen-bond acceptors (Lipinski definition) is 5. The number of ketones is 1. The zero-order valence-corrected chi connectivity index (χ0v) is 18.4. The molecule has 1 aromatic rings. The number of carbonyl (C=O) groups excluding carboxylic acids is 2. The maximum absolute atomic E-state index is 12.5.